The predicted octanol–water partition coefficient (Wildman–Crippen LogP) is 1.22. The maximum atomic E-state index is 12.4. The van der Waals surface area contributed by atoms with Crippen molar-refractivity contribution < 1.29 is 13.2 Å². The van der Waals surface area contributed by atoms with Crippen LogP contribution in [0.2, 0.25) is 0 Å². The average Bonchev–Trinajstić information content (AvgIpc) is 3.22. The van der Waals surface area contributed by atoms with Gasteiger partial charge in [-0.25, -0.2) is 8.42 Å². The molecule has 3 rings (SSSR count). The summed E-state index contributed by atoms with van der Waals surface area (Å²) in [5.41, 5.74) is 0. The van der Waals surface area contributed by atoms with E-state index in [1.54, 1.807) is 24.3 Å². The standard InChI is InChI=1S/C20H32N4O3S/c1-2-21-20(24-11-9-18(17-24)23-12-14-27-15-13-23)22-10-6-16-28(25,26)19-7-4-3-5-8-19/h3-5,7-8,18H,2,6,9-17H2,1H3,(H,21,22). The molecule has 156 valence electrons. The topological polar surface area (TPSA) is 74.2 Å². The third kappa shape index (κ3) is 5.68. The average molecular weight is 409 g/mol. The van der Waals surface area contributed by atoms with Gasteiger partial charge in [0.1, 0.15) is 0 Å². The van der Waals surface area contributed by atoms with Gasteiger partial charge in [-0.3, -0.25) is 9.89 Å². The van der Waals surface area contributed by atoms with Gasteiger partial charge in [0, 0.05) is 45.3 Å². The van der Waals surface area contributed by atoms with E-state index in [4.69, 9.17) is 9.73 Å². The van der Waals surface area contributed by atoms with Crippen molar-refractivity contribution >= 4 is 15.8 Å². The van der Waals surface area contributed by atoms with Crippen molar-refractivity contribution in [2.24, 2.45) is 4.99 Å². The Morgan fingerprint density at radius 3 is 2.68 bits per heavy atom. The van der Waals surface area contributed by atoms with Gasteiger partial charge in [-0.1, -0.05) is 18.2 Å². The van der Waals surface area contributed by atoms with E-state index in [0.29, 0.717) is 23.9 Å². The summed E-state index contributed by atoms with van der Waals surface area (Å²) in [5.74, 6) is 1.02. The molecule has 2 heterocycles. The van der Waals surface area contributed by atoms with Crippen molar-refractivity contribution in [2.45, 2.75) is 30.7 Å². The number of nitrogens with one attached hydrogen (secondary N) is 1. The minimum atomic E-state index is -3.23. The monoisotopic (exact) mass is 408 g/mol. The lowest BCUT2D eigenvalue weighted by Gasteiger charge is -2.32. The summed E-state index contributed by atoms with van der Waals surface area (Å²) in [6, 6.07) is 9.19. The van der Waals surface area contributed by atoms with E-state index in [9.17, 15) is 8.42 Å². The highest BCUT2D eigenvalue weighted by atomic mass is 32.2. The van der Waals surface area contributed by atoms with Crippen molar-refractivity contribution in [1.29, 1.82) is 0 Å². The third-order valence-corrected chi connectivity index (χ3v) is 7.11. The molecule has 1 N–H and O–H groups in total. The largest absolute Gasteiger partial charge is 0.379 e. The molecule has 1 aromatic rings. The van der Waals surface area contributed by atoms with Gasteiger partial charge in [0.15, 0.2) is 15.8 Å². The van der Waals surface area contributed by atoms with Crippen LogP contribution in [0.4, 0.5) is 0 Å². The van der Waals surface area contributed by atoms with Crippen LogP contribution in [0.15, 0.2) is 40.2 Å². The van der Waals surface area contributed by atoms with Crippen molar-refractivity contribution in [3.05, 3.63) is 30.3 Å². The van der Waals surface area contributed by atoms with Crippen molar-refractivity contribution in [3.8, 4) is 0 Å². The maximum Gasteiger partial charge on any atom is 0.193 e. The summed E-state index contributed by atoms with van der Waals surface area (Å²) < 4.78 is 30.2. The second-order valence-electron chi connectivity index (χ2n) is 7.26. The Bertz CT molecular complexity index is 733. The van der Waals surface area contributed by atoms with Crippen LogP contribution in [-0.4, -0.2) is 88.5 Å². The molecular weight excluding hydrogens is 376 g/mol. The van der Waals surface area contributed by atoms with Crippen LogP contribution in [0.3, 0.4) is 0 Å². The molecular formula is C20H32N4O3S. The van der Waals surface area contributed by atoms with E-state index in [1.807, 2.05) is 6.07 Å². The first-order valence-electron chi connectivity index (χ1n) is 10.2. The minimum Gasteiger partial charge on any atom is -0.379 e. The van der Waals surface area contributed by atoms with Gasteiger partial charge in [0.2, 0.25) is 0 Å². The zero-order valence-electron chi connectivity index (χ0n) is 16.7. The first-order chi connectivity index (χ1) is 13.6. The molecule has 0 aliphatic carbocycles. The number of likely N-dealkylation sites (tertiary alicyclic amines) is 1. The number of hydrogen-bond donors (Lipinski definition) is 1. The van der Waals surface area contributed by atoms with E-state index in [1.165, 1.54) is 0 Å². The lowest BCUT2D eigenvalue weighted by molar-refractivity contribution is 0.0195. The van der Waals surface area contributed by atoms with Crippen molar-refractivity contribution in [2.75, 3.05) is 58.2 Å². The van der Waals surface area contributed by atoms with E-state index in [0.717, 1.165) is 58.3 Å². The zero-order valence-corrected chi connectivity index (χ0v) is 17.5. The Kier molecular flexibility index (Phi) is 7.70. The maximum absolute atomic E-state index is 12.4. The number of ether oxygens (including phenoxy) is 1. The van der Waals surface area contributed by atoms with Crippen LogP contribution in [0.5, 0.6) is 0 Å². The smallest absolute Gasteiger partial charge is 0.193 e. The Morgan fingerprint density at radius 2 is 1.96 bits per heavy atom. The number of sulfone groups is 1. The fourth-order valence-electron chi connectivity index (χ4n) is 3.79. The second kappa shape index (κ2) is 10.2. The van der Waals surface area contributed by atoms with Crippen LogP contribution < -0.4 is 5.32 Å². The SMILES string of the molecule is CCNC(=NCCCS(=O)(=O)c1ccccc1)N1CCC(N2CCOCC2)C1. The molecule has 1 atom stereocenters. The number of benzene rings is 1. The van der Waals surface area contributed by atoms with Crippen molar-refractivity contribution in [1.82, 2.24) is 15.1 Å². The van der Waals surface area contributed by atoms with Gasteiger partial charge in [-0.05, 0) is 31.9 Å². The summed E-state index contributed by atoms with van der Waals surface area (Å²) in [4.78, 5) is 9.90. The lowest BCUT2D eigenvalue weighted by Crippen LogP contribution is -2.46. The van der Waals surface area contributed by atoms with E-state index in [-0.39, 0.29) is 5.75 Å². The molecule has 2 aliphatic heterocycles. The first-order valence-corrected chi connectivity index (χ1v) is 11.9. The molecule has 2 aliphatic rings. The molecule has 0 bridgehead atoms. The Morgan fingerprint density at radius 1 is 1.21 bits per heavy atom. The Labute approximate surface area is 168 Å². The first kappa shape index (κ1) is 21.1. The molecule has 2 fully saturated rings. The molecule has 0 amide bonds. The highest BCUT2D eigenvalue weighted by Crippen LogP contribution is 2.17. The number of morpholine rings is 1. The molecule has 0 spiro atoms. The molecule has 28 heavy (non-hydrogen) atoms. The van der Waals surface area contributed by atoms with Crippen LogP contribution in [-0.2, 0) is 14.6 Å². The van der Waals surface area contributed by atoms with Crippen LogP contribution in [0, 0.1) is 0 Å². The summed E-state index contributed by atoms with van der Waals surface area (Å²) in [5, 5.41) is 3.36. The minimum absolute atomic E-state index is 0.121. The molecule has 0 aromatic heterocycles. The van der Waals surface area contributed by atoms with E-state index >= 15 is 0 Å². The van der Waals surface area contributed by atoms with E-state index < -0.39 is 9.84 Å². The number of aliphatic imine (C=N–C) groups is 1. The zero-order chi connectivity index (χ0) is 19.8. The molecule has 0 radical (unpaired) electrons. The fraction of sp³-hybridized carbons (Fsp3) is 0.650. The van der Waals surface area contributed by atoms with Gasteiger partial charge in [0.25, 0.3) is 0 Å². The van der Waals surface area contributed by atoms with Crippen LogP contribution in [0.1, 0.15) is 19.8 Å². The highest BCUT2D eigenvalue weighted by molar-refractivity contribution is 7.91. The van der Waals surface area contributed by atoms with Gasteiger partial charge >= 0.3 is 0 Å². The van der Waals surface area contributed by atoms with Crippen LogP contribution >= 0.6 is 0 Å². The molecule has 1 unspecified atom stereocenters. The third-order valence-electron chi connectivity index (χ3n) is 5.29. The molecule has 7 nitrogen and oxygen atoms in total. The number of hydrogen-bond acceptors (Lipinski definition) is 5. The van der Waals surface area contributed by atoms with Gasteiger partial charge in [-0.2, -0.15) is 0 Å². The molecule has 8 heteroatoms. The molecule has 0 saturated carbocycles. The molecule has 2 saturated heterocycles. The van der Waals surface area contributed by atoms with Gasteiger partial charge in [-0.15, -0.1) is 0 Å². The number of rotatable bonds is 7. The molecule has 1 aromatic carbocycles. The predicted molar refractivity (Wildman–Crippen MR) is 111 cm³/mol. The highest BCUT2D eigenvalue weighted by Gasteiger charge is 2.30. The van der Waals surface area contributed by atoms with Crippen molar-refractivity contribution in [3.63, 3.8) is 0 Å². The summed E-state index contributed by atoms with van der Waals surface area (Å²) in [7, 11) is -3.23. The second-order valence-corrected chi connectivity index (χ2v) is 9.37. The summed E-state index contributed by atoms with van der Waals surface area (Å²) >= 11 is 0. The normalized spacial score (nSPS) is 21.8. The lowest BCUT2D eigenvalue weighted by atomic mass is 10.2. The van der Waals surface area contributed by atoms with Crippen LogP contribution in [0.25, 0.3) is 0 Å². The van der Waals surface area contributed by atoms with Gasteiger partial charge < -0.3 is 15.0 Å². The Hall–Kier alpha value is -1.64. The summed E-state index contributed by atoms with van der Waals surface area (Å²) in [6.07, 6.45) is 1.65. The fourth-order valence-corrected chi connectivity index (χ4v) is 5.10. The number of nitrogens with zero attached hydrogens (tertiary/aromatic N) is 3. The summed E-state index contributed by atoms with van der Waals surface area (Å²) in [6.45, 7) is 8.97. The number of guanidine groups is 1. The quantitative estimate of drug-likeness (QED) is 0.415. The van der Waals surface area contributed by atoms with E-state index in [2.05, 4.69) is 22.0 Å². The van der Waals surface area contributed by atoms with Gasteiger partial charge in [0.05, 0.1) is 23.9 Å². The Balaban J connectivity index is 1.51.